The maximum absolute atomic E-state index is 14.0. The number of hydrogen-bond acceptors (Lipinski definition) is 5. The summed E-state index contributed by atoms with van der Waals surface area (Å²) in [5, 5.41) is 0. The zero-order chi connectivity index (χ0) is 17.0. The van der Waals surface area contributed by atoms with Gasteiger partial charge < -0.3 is 9.64 Å². The molecule has 1 heterocycles. The number of halogens is 2. The standard InChI is InChI=1S/C15H13F2N3O3/c1-20(14(21)12-8-18-5-6-19-12)13(15(22)23-2)10-7-9(16)3-4-11(10)17/h3-8,13H,1-2H3/t13-/m1/s1. The average Bonchev–Trinajstić information content (AvgIpc) is 2.57. The van der Waals surface area contributed by atoms with Gasteiger partial charge in [-0.3, -0.25) is 9.78 Å². The highest BCUT2D eigenvalue weighted by Gasteiger charge is 2.33. The van der Waals surface area contributed by atoms with E-state index in [1.807, 2.05) is 0 Å². The van der Waals surface area contributed by atoms with Gasteiger partial charge in [0, 0.05) is 25.0 Å². The smallest absolute Gasteiger partial charge is 0.333 e. The van der Waals surface area contributed by atoms with E-state index >= 15 is 0 Å². The number of benzene rings is 1. The van der Waals surface area contributed by atoms with E-state index in [1.165, 1.54) is 25.6 Å². The average molecular weight is 321 g/mol. The molecule has 1 aromatic carbocycles. The van der Waals surface area contributed by atoms with Crippen molar-refractivity contribution >= 4 is 11.9 Å². The molecule has 0 radical (unpaired) electrons. The highest BCUT2D eigenvalue weighted by Crippen LogP contribution is 2.25. The molecule has 0 unspecified atom stereocenters. The summed E-state index contributed by atoms with van der Waals surface area (Å²) in [5.74, 6) is -3.16. The fourth-order valence-corrected chi connectivity index (χ4v) is 2.04. The van der Waals surface area contributed by atoms with Gasteiger partial charge in [-0.1, -0.05) is 0 Å². The zero-order valence-corrected chi connectivity index (χ0v) is 12.4. The van der Waals surface area contributed by atoms with Crippen molar-refractivity contribution in [3.05, 3.63) is 59.7 Å². The van der Waals surface area contributed by atoms with Crippen LogP contribution in [0.1, 0.15) is 22.1 Å². The van der Waals surface area contributed by atoms with Gasteiger partial charge >= 0.3 is 5.97 Å². The van der Waals surface area contributed by atoms with Crippen molar-refractivity contribution < 1.29 is 23.1 Å². The lowest BCUT2D eigenvalue weighted by Gasteiger charge is -2.26. The third-order valence-electron chi connectivity index (χ3n) is 3.17. The molecule has 0 spiro atoms. The van der Waals surface area contributed by atoms with Crippen LogP contribution in [0.15, 0.2) is 36.8 Å². The Hall–Kier alpha value is -2.90. The van der Waals surface area contributed by atoms with Crippen molar-refractivity contribution in [2.45, 2.75) is 6.04 Å². The second-order valence-corrected chi connectivity index (χ2v) is 4.60. The van der Waals surface area contributed by atoms with Gasteiger partial charge in [-0.2, -0.15) is 0 Å². The number of carbonyl (C=O) groups excluding carboxylic acids is 2. The normalized spacial score (nSPS) is 11.7. The summed E-state index contributed by atoms with van der Waals surface area (Å²) in [7, 11) is 2.36. The number of nitrogens with zero attached hydrogens (tertiary/aromatic N) is 3. The van der Waals surface area contributed by atoms with Crippen molar-refractivity contribution in [2.24, 2.45) is 0 Å². The minimum atomic E-state index is -1.45. The van der Waals surface area contributed by atoms with E-state index in [0.717, 1.165) is 30.2 Å². The molecular formula is C15H13F2N3O3. The van der Waals surface area contributed by atoms with Crippen LogP contribution in [-0.4, -0.2) is 40.9 Å². The van der Waals surface area contributed by atoms with Gasteiger partial charge in [0.05, 0.1) is 13.3 Å². The summed E-state index contributed by atoms with van der Waals surface area (Å²) < 4.78 is 32.0. The Labute approximate surface area is 130 Å². The Morgan fingerprint density at radius 1 is 1.26 bits per heavy atom. The van der Waals surface area contributed by atoms with Crippen molar-refractivity contribution in [1.29, 1.82) is 0 Å². The molecule has 0 aliphatic rings. The molecule has 23 heavy (non-hydrogen) atoms. The first-order chi connectivity index (χ1) is 11.0. The second-order valence-electron chi connectivity index (χ2n) is 4.60. The topological polar surface area (TPSA) is 72.4 Å². The van der Waals surface area contributed by atoms with E-state index in [-0.39, 0.29) is 11.3 Å². The monoisotopic (exact) mass is 321 g/mol. The van der Waals surface area contributed by atoms with Crippen LogP contribution in [0.4, 0.5) is 8.78 Å². The van der Waals surface area contributed by atoms with Crippen LogP contribution in [0, 0.1) is 11.6 Å². The van der Waals surface area contributed by atoms with E-state index in [1.54, 1.807) is 0 Å². The molecule has 0 saturated carbocycles. The summed E-state index contributed by atoms with van der Waals surface area (Å²) in [6, 6.07) is 1.18. The summed E-state index contributed by atoms with van der Waals surface area (Å²) in [5.41, 5.74) is -0.350. The number of ether oxygens (including phenoxy) is 1. The molecule has 1 amide bonds. The molecule has 0 aliphatic carbocycles. The molecular weight excluding hydrogens is 308 g/mol. The predicted octanol–water partition coefficient (Wildman–Crippen LogP) is 1.74. The molecule has 0 bridgehead atoms. The molecule has 120 valence electrons. The van der Waals surface area contributed by atoms with Gasteiger partial charge in [0.2, 0.25) is 0 Å². The lowest BCUT2D eigenvalue weighted by Crippen LogP contribution is -2.37. The van der Waals surface area contributed by atoms with Gasteiger partial charge in [0.25, 0.3) is 5.91 Å². The van der Waals surface area contributed by atoms with E-state index in [4.69, 9.17) is 0 Å². The lowest BCUT2D eigenvalue weighted by atomic mass is 10.0. The third kappa shape index (κ3) is 3.47. The Morgan fingerprint density at radius 3 is 2.61 bits per heavy atom. The minimum Gasteiger partial charge on any atom is -0.467 e. The molecule has 1 atom stereocenters. The lowest BCUT2D eigenvalue weighted by molar-refractivity contribution is -0.146. The van der Waals surface area contributed by atoms with Gasteiger partial charge in [-0.15, -0.1) is 0 Å². The number of likely N-dealkylation sites (N-methyl/N-ethyl adjacent to an activating group) is 1. The maximum atomic E-state index is 14.0. The summed E-state index contributed by atoms with van der Waals surface area (Å²) in [4.78, 5) is 32.9. The highest BCUT2D eigenvalue weighted by atomic mass is 19.1. The van der Waals surface area contributed by atoms with Crippen LogP contribution in [-0.2, 0) is 9.53 Å². The van der Waals surface area contributed by atoms with Crippen LogP contribution < -0.4 is 0 Å². The predicted molar refractivity (Wildman–Crippen MR) is 75.2 cm³/mol. The number of hydrogen-bond donors (Lipinski definition) is 0. The van der Waals surface area contributed by atoms with Crippen molar-refractivity contribution in [2.75, 3.05) is 14.2 Å². The Balaban J connectivity index is 2.45. The number of amides is 1. The third-order valence-corrected chi connectivity index (χ3v) is 3.17. The molecule has 8 heteroatoms. The summed E-state index contributed by atoms with van der Waals surface area (Å²) in [6.45, 7) is 0. The Bertz CT molecular complexity index is 725. The number of carbonyl (C=O) groups is 2. The van der Waals surface area contributed by atoms with Gasteiger partial charge in [-0.25, -0.2) is 18.6 Å². The van der Waals surface area contributed by atoms with Gasteiger partial charge in [-0.05, 0) is 18.2 Å². The van der Waals surface area contributed by atoms with Crippen LogP contribution in [0.5, 0.6) is 0 Å². The van der Waals surface area contributed by atoms with Gasteiger partial charge in [0.1, 0.15) is 17.3 Å². The molecule has 2 rings (SSSR count). The molecule has 6 nitrogen and oxygen atoms in total. The van der Waals surface area contributed by atoms with Crippen molar-refractivity contribution in [3.8, 4) is 0 Å². The van der Waals surface area contributed by atoms with Crippen LogP contribution in [0.3, 0.4) is 0 Å². The molecule has 0 fully saturated rings. The van der Waals surface area contributed by atoms with Gasteiger partial charge in [0.15, 0.2) is 6.04 Å². The first-order valence-electron chi connectivity index (χ1n) is 6.51. The molecule has 2 aromatic rings. The number of aromatic nitrogens is 2. The van der Waals surface area contributed by atoms with Crippen LogP contribution in [0.25, 0.3) is 0 Å². The zero-order valence-electron chi connectivity index (χ0n) is 12.4. The largest absolute Gasteiger partial charge is 0.467 e. The first-order valence-corrected chi connectivity index (χ1v) is 6.51. The minimum absolute atomic E-state index is 0.0410. The summed E-state index contributed by atoms with van der Waals surface area (Å²) in [6.07, 6.45) is 3.88. The van der Waals surface area contributed by atoms with E-state index < -0.39 is 29.6 Å². The quantitative estimate of drug-likeness (QED) is 0.802. The van der Waals surface area contributed by atoms with Crippen LogP contribution in [0.2, 0.25) is 0 Å². The van der Waals surface area contributed by atoms with Crippen molar-refractivity contribution in [1.82, 2.24) is 14.9 Å². The molecule has 0 aliphatic heterocycles. The molecule has 0 N–H and O–H groups in total. The summed E-state index contributed by atoms with van der Waals surface area (Å²) >= 11 is 0. The highest BCUT2D eigenvalue weighted by molar-refractivity contribution is 5.95. The van der Waals surface area contributed by atoms with E-state index in [2.05, 4.69) is 14.7 Å². The Morgan fingerprint density at radius 2 is 2.00 bits per heavy atom. The van der Waals surface area contributed by atoms with Crippen molar-refractivity contribution in [3.63, 3.8) is 0 Å². The van der Waals surface area contributed by atoms with E-state index in [9.17, 15) is 18.4 Å². The van der Waals surface area contributed by atoms with Crippen LogP contribution >= 0.6 is 0 Å². The SMILES string of the molecule is COC(=O)[C@@H](c1cc(F)ccc1F)N(C)C(=O)c1cnccn1. The molecule has 0 saturated heterocycles. The first kappa shape index (κ1) is 16.5. The fraction of sp³-hybridized carbons (Fsp3) is 0.200. The number of esters is 1. The Kier molecular flexibility index (Phi) is 4.95. The molecule has 1 aromatic heterocycles. The number of rotatable bonds is 4. The fourth-order valence-electron chi connectivity index (χ4n) is 2.04. The number of methoxy groups -OCH3 is 1. The maximum Gasteiger partial charge on any atom is 0.333 e. The van der Waals surface area contributed by atoms with E-state index in [0.29, 0.717) is 0 Å². The second kappa shape index (κ2) is 6.91.